The number of Topliss-reactive ketones (excluding diaryl/α,β-unsaturated/α-hetero) is 1. The van der Waals surface area contributed by atoms with Crippen LogP contribution in [0.4, 0.5) is 4.39 Å². The molecule has 0 spiro atoms. The summed E-state index contributed by atoms with van der Waals surface area (Å²) >= 11 is 0. The molecule has 0 saturated heterocycles. The lowest BCUT2D eigenvalue weighted by Gasteiger charge is -2.02. The molecule has 0 amide bonds. The maximum atomic E-state index is 13.5. The fourth-order valence-electron chi connectivity index (χ4n) is 1.68. The third kappa shape index (κ3) is 1.48. The molecule has 2 heterocycles. The summed E-state index contributed by atoms with van der Waals surface area (Å²) in [5, 5.41) is 4.01. The maximum absolute atomic E-state index is 13.5. The van der Waals surface area contributed by atoms with E-state index in [1.165, 1.54) is 4.68 Å². The second-order valence-corrected chi connectivity index (χ2v) is 3.52. The Morgan fingerprint density at radius 2 is 2.60 bits per heavy atom. The second-order valence-electron chi connectivity index (χ2n) is 3.52. The molecule has 4 nitrogen and oxygen atoms in total. The summed E-state index contributed by atoms with van der Waals surface area (Å²) in [6.45, 7) is 5.34. The molecular formula is C10H14FN3O. The van der Waals surface area contributed by atoms with Crippen molar-refractivity contribution in [1.82, 2.24) is 14.8 Å². The normalized spacial score (nSPS) is 23.9. The van der Waals surface area contributed by atoms with Crippen LogP contribution in [0.3, 0.4) is 0 Å². The molecule has 5 heteroatoms. The molecule has 1 aliphatic rings. The zero-order chi connectivity index (χ0) is 11.0. The lowest BCUT2D eigenvalue weighted by atomic mass is 10.2. The molecule has 82 valence electrons. The van der Waals surface area contributed by atoms with Gasteiger partial charge in [-0.05, 0) is 0 Å². The van der Waals surface area contributed by atoms with Crippen LogP contribution in [0, 0.1) is 0 Å². The van der Waals surface area contributed by atoms with Crippen LogP contribution in [0.15, 0.2) is 12.7 Å². The Kier molecular flexibility index (Phi) is 2.38. The molecule has 2 rings (SSSR count). The highest BCUT2D eigenvalue weighted by atomic mass is 19.1. The van der Waals surface area contributed by atoms with Crippen molar-refractivity contribution in [3.63, 3.8) is 0 Å². The Hall–Kier alpha value is -1.52. The predicted octanol–water partition coefficient (Wildman–Crippen LogP) is 2.26. The molecule has 0 aliphatic carbocycles. The van der Waals surface area contributed by atoms with Crippen LogP contribution >= 0.6 is 0 Å². The van der Waals surface area contributed by atoms with Crippen LogP contribution in [-0.2, 0) is 0 Å². The van der Waals surface area contributed by atoms with Crippen molar-refractivity contribution < 1.29 is 10.6 Å². The monoisotopic (exact) mass is 211 g/mol. The van der Waals surface area contributed by atoms with Gasteiger partial charge in [0.05, 0.1) is 6.04 Å². The Morgan fingerprint density at radius 3 is 3.20 bits per heavy atom. The molecular weight excluding hydrogens is 197 g/mol. The van der Waals surface area contributed by atoms with Crippen molar-refractivity contribution in [3.05, 3.63) is 24.3 Å². The van der Waals surface area contributed by atoms with Crippen LogP contribution in [0.2, 0.25) is 0 Å². The van der Waals surface area contributed by atoms with Crippen LogP contribution in [0.5, 0.6) is 0 Å². The number of alkyl halides is 1. The number of ketones is 1. The van der Waals surface area contributed by atoms with Crippen LogP contribution in [0.1, 0.15) is 49.8 Å². The van der Waals surface area contributed by atoms with Crippen molar-refractivity contribution in [1.29, 1.82) is 0 Å². The van der Waals surface area contributed by atoms with Gasteiger partial charge in [-0.25, -0.2) is 14.1 Å². The number of hydrogen-bond acceptors (Lipinski definition) is 3. The first-order valence-electron chi connectivity index (χ1n) is 4.93. The van der Waals surface area contributed by atoms with E-state index in [2.05, 4.69) is 16.7 Å². The van der Waals surface area contributed by atoms with E-state index < -0.39 is 6.17 Å². The minimum Gasteiger partial charge on any atom is -0.291 e. The first-order chi connectivity index (χ1) is 7.17. The van der Waals surface area contributed by atoms with E-state index >= 15 is 0 Å². The fraction of sp³-hybridized carbons (Fsp3) is 0.500. The lowest BCUT2D eigenvalue weighted by molar-refractivity contribution is 0.0977. The Bertz CT molecular complexity index is 418. The summed E-state index contributed by atoms with van der Waals surface area (Å²) in [4.78, 5) is 15.3. The van der Waals surface area contributed by atoms with E-state index in [0.29, 0.717) is 12.8 Å². The molecule has 0 unspecified atom stereocenters. The highest BCUT2D eigenvalue weighted by molar-refractivity contribution is 5.92. The SMILES string of the molecule is C=C[C@H]1C[C@H](F)c2nc(C(=O)CC)nn21.[HH]. The van der Waals surface area contributed by atoms with Gasteiger partial charge in [-0.1, -0.05) is 13.0 Å². The maximum Gasteiger partial charge on any atom is 0.217 e. The number of carbonyl (C=O) groups excluding carboxylic acids is 1. The van der Waals surface area contributed by atoms with Gasteiger partial charge in [0, 0.05) is 14.3 Å². The molecule has 0 radical (unpaired) electrons. The number of halogens is 1. The van der Waals surface area contributed by atoms with Gasteiger partial charge in [0.1, 0.15) is 0 Å². The topological polar surface area (TPSA) is 47.8 Å². The van der Waals surface area contributed by atoms with Crippen molar-refractivity contribution in [2.75, 3.05) is 0 Å². The van der Waals surface area contributed by atoms with Gasteiger partial charge in [-0.3, -0.25) is 4.79 Å². The highest BCUT2D eigenvalue weighted by Gasteiger charge is 2.33. The van der Waals surface area contributed by atoms with Gasteiger partial charge in [0.2, 0.25) is 11.6 Å². The number of nitrogens with zero attached hydrogens (tertiary/aromatic N) is 3. The summed E-state index contributed by atoms with van der Waals surface area (Å²) in [7, 11) is 0. The number of carbonyl (C=O) groups is 1. The van der Waals surface area contributed by atoms with Gasteiger partial charge in [-0.2, -0.15) is 0 Å². The number of rotatable bonds is 3. The standard InChI is InChI=1S/C10H12FN3O.H2/c1-3-6-5-7(11)10-12-9(8(15)4-2)13-14(6)10;/h3,6-7H,1,4-5H2,2H3;1H/t6-,7-;/m0./s1. The number of aromatic nitrogens is 3. The van der Waals surface area contributed by atoms with E-state index in [0.717, 1.165) is 0 Å². The highest BCUT2D eigenvalue weighted by Crippen LogP contribution is 2.35. The van der Waals surface area contributed by atoms with E-state index in [1.807, 2.05) is 0 Å². The summed E-state index contributed by atoms with van der Waals surface area (Å²) in [5.74, 6) is 0.199. The third-order valence-electron chi connectivity index (χ3n) is 2.54. The molecule has 0 saturated carbocycles. The number of fused-ring (bicyclic) bond motifs is 1. The molecule has 1 aromatic heterocycles. The van der Waals surface area contributed by atoms with Gasteiger partial charge >= 0.3 is 0 Å². The summed E-state index contributed by atoms with van der Waals surface area (Å²) < 4.78 is 14.9. The largest absolute Gasteiger partial charge is 0.291 e. The Morgan fingerprint density at radius 1 is 1.87 bits per heavy atom. The molecule has 15 heavy (non-hydrogen) atoms. The molecule has 1 aromatic rings. The van der Waals surface area contributed by atoms with Crippen molar-refractivity contribution in [2.24, 2.45) is 0 Å². The summed E-state index contributed by atoms with van der Waals surface area (Å²) in [6.07, 6.45) is 1.13. The van der Waals surface area contributed by atoms with E-state index in [4.69, 9.17) is 0 Å². The van der Waals surface area contributed by atoms with Crippen LogP contribution < -0.4 is 0 Å². The van der Waals surface area contributed by atoms with Crippen LogP contribution in [0.25, 0.3) is 0 Å². The van der Waals surface area contributed by atoms with Crippen molar-refractivity contribution >= 4 is 5.78 Å². The molecule has 0 fully saturated rings. The van der Waals surface area contributed by atoms with Crippen molar-refractivity contribution in [2.45, 2.75) is 32.0 Å². The van der Waals surface area contributed by atoms with Gasteiger partial charge in [0.15, 0.2) is 12.0 Å². The molecule has 1 aliphatic heterocycles. The number of hydrogen-bond donors (Lipinski definition) is 0. The van der Waals surface area contributed by atoms with Gasteiger partial charge in [0.25, 0.3) is 0 Å². The zero-order valence-electron chi connectivity index (χ0n) is 8.48. The summed E-state index contributed by atoms with van der Waals surface area (Å²) in [5.41, 5.74) is 0. The molecule has 0 N–H and O–H groups in total. The van der Waals surface area contributed by atoms with Crippen molar-refractivity contribution in [3.8, 4) is 0 Å². The quantitative estimate of drug-likeness (QED) is 0.569. The zero-order valence-corrected chi connectivity index (χ0v) is 8.48. The third-order valence-corrected chi connectivity index (χ3v) is 2.54. The predicted molar refractivity (Wildman–Crippen MR) is 54.5 cm³/mol. The Labute approximate surface area is 88.3 Å². The first kappa shape index (κ1) is 10.0. The van der Waals surface area contributed by atoms with E-state index in [1.54, 1.807) is 13.0 Å². The summed E-state index contributed by atoms with van der Waals surface area (Å²) in [6, 6.07) is -0.180. The minimum absolute atomic E-state index is 0. The second kappa shape index (κ2) is 3.56. The average molecular weight is 211 g/mol. The molecule has 0 aromatic carbocycles. The number of allylic oxidation sites excluding steroid dienone is 1. The van der Waals surface area contributed by atoms with Gasteiger partial charge < -0.3 is 0 Å². The lowest BCUT2D eigenvalue weighted by Crippen LogP contribution is -2.05. The van der Waals surface area contributed by atoms with E-state index in [-0.39, 0.29) is 24.9 Å². The van der Waals surface area contributed by atoms with E-state index in [9.17, 15) is 9.18 Å². The van der Waals surface area contributed by atoms with Crippen LogP contribution in [-0.4, -0.2) is 20.5 Å². The minimum atomic E-state index is -1.14. The van der Waals surface area contributed by atoms with Gasteiger partial charge in [-0.15, -0.1) is 11.7 Å². The molecule has 0 bridgehead atoms. The average Bonchev–Trinajstić information content (AvgIpc) is 2.78. The Balaban J connectivity index is 0.00000128. The smallest absolute Gasteiger partial charge is 0.217 e. The molecule has 2 atom stereocenters. The fourth-order valence-corrected chi connectivity index (χ4v) is 1.68. The first-order valence-corrected chi connectivity index (χ1v) is 4.93.